The van der Waals surface area contributed by atoms with Crippen molar-refractivity contribution in [3.8, 4) is 0 Å². The molecule has 0 radical (unpaired) electrons. The molecule has 5 nitrogen and oxygen atoms in total. The van der Waals surface area contributed by atoms with Crippen molar-refractivity contribution in [3.63, 3.8) is 0 Å². The summed E-state index contributed by atoms with van der Waals surface area (Å²) in [7, 11) is 0. The number of hydrogen-bond donors (Lipinski definition) is 2. The van der Waals surface area contributed by atoms with Crippen molar-refractivity contribution < 1.29 is 9.18 Å². The van der Waals surface area contributed by atoms with Crippen molar-refractivity contribution in [3.05, 3.63) is 24.1 Å². The molecule has 98 valence electrons. The molecule has 0 aromatic carbocycles. The molecule has 0 unspecified atom stereocenters. The molecular formula is C12H17FN4O. The first-order chi connectivity index (χ1) is 8.70. The molecule has 1 aliphatic rings. The third-order valence-electron chi connectivity index (χ3n) is 3.11. The molecule has 1 atom stereocenters. The maximum absolute atomic E-state index is 12.6. The number of amides is 1. The number of likely N-dealkylation sites (N-methyl/N-ethyl adjacent to an activating group) is 1. The number of carbonyl (C=O) groups is 1. The number of rotatable bonds is 4. The van der Waals surface area contributed by atoms with Gasteiger partial charge < -0.3 is 0 Å². The lowest BCUT2D eigenvalue weighted by molar-refractivity contribution is -0.124. The van der Waals surface area contributed by atoms with Crippen LogP contribution in [0.1, 0.15) is 19.8 Å². The van der Waals surface area contributed by atoms with E-state index in [9.17, 15) is 9.18 Å². The maximum Gasteiger partial charge on any atom is 0.255 e. The van der Waals surface area contributed by atoms with E-state index in [4.69, 9.17) is 0 Å². The Kier molecular flexibility index (Phi) is 4.09. The Morgan fingerprint density at radius 2 is 2.44 bits per heavy atom. The molecule has 2 N–H and O–H groups in total. The van der Waals surface area contributed by atoms with Gasteiger partial charge in [-0.2, -0.15) is 0 Å². The van der Waals surface area contributed by atoms with Crippen molar-refractivity contribution in [2.45, 2.75) is 25.8 Å². The smallest absolute Gasteiger partial charge is 0.255 e. The van der Waals surface area contributed by atoms with Crippen LogP contribution >= 0.6 is 0 Å². The highest BCUT2D eigenvalue weighted by Gasteiger charge is 2.29. The van der Waals surface area contributed by atoms with Crippen LogP contribution in [0.5, 0.6) is 0 Å². The Hall–Kier alpha value is -1.69. The summed E-state index contributed by atoms with van der Waals surface area (Å²) in [6, 6.07) is 2.68. The predicted octanol–water partition coefficient (Wildman–Crippen LogP) is 1.15. The van der Waals surface area contributed by atoms with Gasteiger partial charge in [0.2, 0.25) is 0 Å². The molecule has 6 heteroatoms. The number of halogens is 1. The van der Waals surface area contributed by atoms with Gasteiger partial charge in [-0.1, -0.05) is 6.92 Å². The number of aromatic nitrogens is 1. The van der Waals surface area contributed by atoms with Crippen LogP contribution in [0.2, 0.25) is 0 Å². The largest absolute Gasteiger partial charge is 0.292 e. The van der Waals surface area contributed by atoms with Crippen LogP contribution in [-0.4, -0.2) is 34.9 Å². The number of pyridine rings is 1. The van der Waals surface area contributed by atoms with Crippen molar-refractivity contribution in [1.29, 1.82) is 0 Å². The Morgan fingerprint density at radius 1 is 1.61 bits per heavy atom. The first kappa shape index (κ1) is 12.8. The molecule has 0 saturated carbocycles. The molecule has 1 amide bonds. The summed E-state index contributed by atoms with van der Waals surface area (Å²) in [5.41, 5.74) is 5.30. The van der Waals surface area contributed by atoms with E-state index in [2.05, 4.69) is 20.7 Å². The number of likely N-dealkylation sites (tertiary alicyclic amines) is 1. The molecule has 0 bridgehead atoms. The standard InChI is InChI=1S/C12H17FN4O/c1-2-17-7-3-4-10(17)12(18)16-15-11-6-5-9(13)8-14-11/h5-6,8,10H,2-4,7H2,1H3,(H,14,15)(H,16,18)/t10-/m0/s1. The summed E-state index contributed by atoms with van der Waals surface area (Å²) < 4.78 is 12.6. The van der Waals surface area contributed by atoms with Crippen molar-refractivity contribution in [2.24, 2.45) is 0 Å². The summed E-state index contributed by atoms with van der Waals surface area (Å²) >= 11 is 0. The summed E-state index contributed by atoms with van der Waals surface area (Å²) in [4.78, 5) is 17.9. The zero-order valence-electron chi connectivity index (χ0n) is 10.3. The molecule has 1 aromatic heterocycles. The van der Waals surface area contributed by atoms with E-state index in [-0.39, 0.29) is 11.9 Å². The molecule has 2 heterocycles. The zero-order valence-corrected chi connectivity index (χ0v) is 10.3. The highest BCUT2D eigenvalue weighted by atomic mass is 19.1. The monoisotopic (exact) mass is 252 g/mol. The van der Waals surface area contributed by atoms with Gasteiger partial charge in [-0.15, -0.1) is 0 Å². The van der Waals surface area contributed by atoms with Crippen LogP contribution in [0.4, 0.5) is 10.2 Å². The molecule has 0 aliphatic carbocycles. The number of hydrazine groups is 1. The van der Waals surface area contributed by atoms with Crippen LogP contribution in [0.25, 0.3) is 0 Å². The lowest BCUT2D eigenvalue weighted by Gasteiger charge is -2.21. The van der Waals surface area contributed by atoms with E-state index in [1.165, 1.54) is 12.1 Å². The summed E-state index contributed by atoms with van der Waals surface area (Å²) in [5.74, 6) is -0.0499. The minimum atomic E-state index is -0.403. The molecule has 1 fully saturated rings. The Morgan fingerprint density at radius 3 is 3.11 bits per heavy atom. The average Bonchev–Trinajstić information content (AvgIpc) is 2.86. The van der Waals surface area contributed by atoms with Crippen LogP contribution in [0.15, 0.2) is 18.3 Å². The van der Waals surface area contributed by atoms with Crippen LogP contribution in [0, 0.1) is 5.82 Å². The average molecular weight is 252 g/mol. The number of nitrogens with zero attached hydrogens (tertiary/aromatic N) is 2. The van der Waals surface area contributed by atoms with Crippen LogP contribution in [-0.2, 0) is 4.79 Å². The van der Waals surface area contributed by atoms with Crippen LogP contribution in [0.3, 0.4) is 0 Å². The number of nitrogens with one attached hydrogen (secondary N) is 2. The fourth-order valence-electron chi connectivity index (χ4n) is 2.16. The Balaban J connectivity index is 1.86. The fraction of sp³-hybridized carbons (Fsp3) is 0.500. The maximum atomic E-state index is 12.6. The van der Waals surface area contributed by atoms with Crippen molar-refractivity contribution in [2.75, 3.05) is 18.5 Å². The number of carbonyl (C=O) groups excluding carboxylic acids is 1. The summed E-state index contributed by atoms with van der Waals surface area (Å²) in [6.45, 7) is 3.87. The minimum Gasteiger partial charge on any atom is -0.292 e. The molecular weight excluding hydrogens is 235 g/mol. The zero-order chi connectivity index (χ0) is 13.0. The number of anilines is 1. The van der Waals surface area contributed by atoms with E-state index in [0.717, 1.165) is 32.1 Å². The van der Waals surface area contributed by atoms with Crippen molar-refractivity contribution >= 4 is 11.7 Å². The number of hydrogen-bond acceptors (Lipinski definition) is 4. The van der Waals surface area contributed by atoms with Gasteiger partial charge in [0.15, 0.2) is 0 Å². The van der Waals surface area contributed by atoms with Gasteiger partial charge in [0.1, 0.15) is 11.6 Å². The highest BCUT2D eigenvalue weighted by molar-refractivity contribution is 5.83. The lowest BCUT2D eigenvalue weighted by Crippen LogP contribution is -2.45. The first-order valence-electron chi connectivity index (χ1n) is 6.12. The van der Waals surface area contributed by atoms with Crippen LogP contribution < -0.4 is 10.9 Å². The van der Waals surface area contributed by atoms with Crippen molar-refractivity contribution in [1.82, 2.24) is 15.3 Å². The molecule has 1 aliphatic heterocycles. The van der Waals surface area contributed by atoms with E-state index in [0.29, 0.717) is 5.82 Å². The second kappa shape index (κ2) is 5.77. The molecule has 2 rings (SSSR count). The van der Waals surface area contributed by atoms with E-state index in [1.807, 2.05) is 6.92 Å². The van der Waals surface area contributed by atoms with Gasteiger partial charge in [-0.05, 0) is 38.1 Å². The van der Waals surface area contributed by atoms with E-state index >= 15 is 0 Å². The van der Waals surface area contributed by atoms with Gasteiger partial charge in [0.05, 0.1) is 12.2 Å². The second-order valence-corrected chi connectivity index (χ2v) is 4.26. The predicted molar refractivity (Wildman–Crippen MR) is 66.2 cm³/mol. The quantitative estimate of drug-likeness (QED) is 0.789. The fourth-order valence-corrected chi connectivity index (χ4v) is 2.16. The molecule has 18 heavy (non-hydrogen) atoms. The Labute approximate surface area is 105 Å². The van der Waals surface area contributed by atoms with Gasteiger partial charge in [-0.25, -0.2) is 9.37 Å². The van der Waals surface area contributed by atoms with Gasteiger partial charge >= 0.3 is 0 Å². The first-order valence-corrected chi connectivity index (χ1v) is 6.12. The highest BCUT2D eigenvalue weighted by Crippen LogP contribution is 2.16. The third kappa shape index (κ3) is 2.95. The second-order valence-electron chi connectivity index (χ2n) is 4.26. The molecule has 1 saturated heterocycles. The van der Waals surface area contributed by atoms with Gasteiger partial charge in [-0.3, -0.25) is 20.5 Å². The molecule has 1 aromatic rings. The van der Waals surface area contributed by atoms with Gasteiger partial charge in [0, 0.05) is 0 Å². The molecule has 0 spiro atoms. The Bertz CT molecular complexity index is 409. The summed E-state index contributed by atoms with van der Waals surface area (Å²) in [5, 5.41) is 0. The normalized spacial score (nSPS) is 19.8. The van der Waals surface area contributed by atoms with E-state index < -0.39 is 5.82 Å². The lowest BCUT2D eigenvalue weighted by atomic mass is 10.2. The van der Waals surface area contributed by atoms with E-state index in [1.54, 1.807) is 0 Å². The topological polar surface area (TPSA) is 57.3 Å². The summed E-state index contributed by atoms with van der Waals surface area (Å²) in [6.07, 6.45) is 3.02. The SMILES string of the molecule is CCN1CCC[C@H]1C(=O)NNc1ccc(F)cn1. The van der Waals surface area contributed by atoms with Gasteiger partial charge in [0.25, 0.3) is 5.91 Å². The third-order valence-corrected chi connectivity index (χ3v) is 3.11. The minimum absolute atomic E-state index is 0.0690.